The van der Waals surface area contributed by atoms with Crippen LogP contribution in [0.4, 0.5) is 0 Å². The quantitative estimate of drug-likeness (QED) is 0.682. The summed E-state index contributed by atoms with van der Waals surface area (Å²) in [6, 6.07) is 0. The van der Waals surface area contributed by atoms with Crippen molar-refractivity contribution >= 4 is 0 Å². The van der Waals surface area contributed by atoms with E-state index >= 15 is 0 Å². The monoisotopic (exact) mass is 182 g/mol. The molecule has 1 heterocycles. The topological polar surface area (TPSA) is 47.1 Å². The largest absolute Gasteiger partial charge is 0.337 e. The average Bonchev–Trinajstić information content (AvgIpc) is 2.57. The Labute approximate surface area is 79.4 Å². The van der Waals surface area contributed by atoms with E-state index in [0.717, 1.165) is 32.6 Å². The zero-order chi connectivity index (χ0) is 9.52. The van der Waals surface area contributed by atoms with Gasteiger partial charge >= 0.3 is 0 Å². The molecule has 1 rings (SSSR count). The van der Waals surface area contributed by atoms with E-state index in [1.165, 1.54) is 0 Å². The molecule has 0 aliphatic rings. The second-order valence-corrected chi connectivity index (χ2v) is 3.25. The van der Waals surface area contributed by atoms with Crippen molar-refractivity contribution in [3.8, 4) is 0 Å². The van der Waals surface area contributed by atoms with E-state index in [2.05, 4.69) is 21.5 Å². The Morgan fingerprint density at radius 3 is 2.92 bits per heavy atom. The van der Waals surface area contributed by atoms with E-state index in [0.29, 0.717) is 0 Å². The van der Waals surface area contributed by atoms with E-state index in [1.807, 2.05) is 18.7 Å². The van der Waals surface area contributed by atoms with Crippen molar-refractivity contribution in [3.05, 3.63) is 18.7 Å². The third-order valence-corrected chi connectivity index (χ3v) is 2.03. The fraction of sp³-hybridized carbons (Fsp3) is 0.667. The van der Waals surface area contributed by atoms with Crippen LogP contribution in [0.15, 0.2) is 18.7 Å². The maximum atomic E-state index is 5.44. The molecule has 4 heteroatoms. The first-order valence-corrected chi connectivity index (χ1v) is 4.67. The first kappa shape index (κ1) is 10.2. The lowest BCUT2D eigenvalue weighted by Gasteiger charge is -2.14. The predicted octanol–water partition coefficient (Wildman–Crippen LogP) is 0.164. The Morgan fingerprint density at radius 1 is 1.46 bits per heavy atom. The number of likely N-dealkylation sites (N-methyl/N-ethyl adjacent to an activating group) is 1. The molecule has 0 bridgehead atoms. The zero-order valence-corrected chi connectivity index (χ0v) is 8.19. The molecule has 1 aromatic rings. The number of aryl methyl sites for hydroxylation is 1. The van der Waals surface area contributed by atoms with Crippen LogP contribution in [0, 0.1) is 0 Å². The van der Waals surface area contributed by atoms with Crippen LogP contribution in [0.2, 0.25) is 0 Å². The summed E-state index contributed by atoms with van der Waals surface area (Å²) in [5.41, 5.74) is 5.44. The van der Waals surface area contributed by atoms with Gasteiger partial charge in [0.1, 0.15) is 0 Å². The van der Waals surface area contributed by atoms with Crippen molar-refractivity contribution in [2.45, 2.75) is 13.0 Å². The second-order valence-electron chi connectivity index (χ2n) is 3.25. The molecule has 0 atom stereocenters. The van der Waals surface area contributed by atoms with E-state index in [9.17, 15) is 0 Å². The highest BCUT2D eigenvalue weighted by Crippen LogP contribution is 1.92. The summed E-state index contributed by atoms with van der Waals surface area (Å²) >= 11 is 0. The van der Waals surface area contributed by atoms with Crippen LogP contribution >= 0.6 is 0 Å². The molecule has 0 spiro atoms. The van der Waals surface area contributed by atoms with Gasteiger partial charge in [-0.3, -0.25) is 0 Å². The van der Waals surface area contributed by atoms with E-state index in [1.54, 1.807) is 0 Å². The van der Waals surface area contributed by atoms with Crippen LogP contribution in [0.25, 0.3) is 0 Å². The summed E-state index contributed by atoms with van der Waals surface area (Å²) in [6.07, 6.45) is 6.79. The Balaban J connectivity index is 2.07. The van der Waals surface area contributed by atoms with Crippen LogP contribution in [-0.4, -0.2) is 41.1 Å². The molecular formula is C9H18N4. The summed E-state index contributed by atoms with van der Waals surface area (Å²) < 4.78 is 2.09. The van der Waals surface area contributed by atoms with Crippen LogP contribution in [0.3, 0.4) is 0 Å². The van der Waals surface area contributed by atoms with Gasteiger partial charge in [0.05, 0.1) is 6.33 Å². The van der Waals surface area contributed by atoms with Crippen LogP contribution < -0.4 is 5.73 Å². The van der Waals surface area contributed by atoms with Gasteiger partial charge in [-0.2, -0.15) is 0 Å². The van der Waals surface area contributed by atoms with Gasteiger partial charge in [-0.05, 0) is 20.0 Å². The highest BCUT2D eigenvalue weighted by Gasteiger charge is 1.96. The van der Waals surface area contributed by atoms with Gasteiger partial charge in [0.25, 0.3) is 0 Å². The SMILES string of the molecule is CN(CCN)CCCn1ccnc1. The molecule has 2 N–H and O–H groups in total. The number of rotatable bonds is 6. The van der Waals surface area contributed by atoms with Crippen molar-refractivity contribution < 1.29 is 0 Å². The number of imidazole rings is 1. The molecule has 0 saturated heterocycles. The number of hydrogen-bond donors (Lipinski definition) is 1. The number of hydrogen-bond acceptors (Lipinski definition) is 3. The maximum absolute atomic E-state index is 5.44. The number of aromatic nitrogens is 2. The summed E-state index contributed by atoms with van der Waals surface area (Å²) in [6.45, 7) is 3.84. The minimum Gasteiger partial charge on any atom is -0.337 e. The third-order valence-electron chi connectivity index (χ3n) is 2.03. The lowest BCUT2D eigenvalue weighted by Crippen LogP contribution is -2.26. The third kappa shape index (κ3) is 4.05. The molecule has 74 valence electrons. The summed E-state index contributed by atoms with van der Waals surface area (Å²) in [4.78, 5) is 6.23. The molecule has 0 radical (unpaired) electrons. The number of nitrogens with two attached hydrogens (primary N) is 1. The van der Waals surface area contributed by atoms with Crippen molar-refractivity contribution in [1.29, 1.82) is 0 Å². The smallest absolute Gasteiger partial charge is 0.0945 e. The number of nitrogens with zero attached hydrogens (tertiary/aromatic N) is 3. The fourth-order valence-corrected chi connectivity index (χ4v) is 1.27. The Hall–Kier alpha value is -0.870. The normalized spacial score (nSPS) is 11.0. The van der Waals surface area contributed by atoms with Gasteiger partial charge in [-0.25, -0.2) is 4.98 Å². The van der Waals surface area contributed by atoms with Gasteiger partial charge in [0, 0.05) is 32.0 Å². The van der Waals surface area contributed by atoms with Gasteiger partial charge in [0.2, 0.25) is 0 Å². The van der Waals surface area contributed by atoms with Gasteiger partial charge < -0.3 is 15.2 Å². The first-order chi connectivity index (χ1) is 6.33. The Bertz CT molecular complexity index is 207. The standard InChI is InChI=1S/C9H18N4/c1-12(7-3-10)5-2-6-13-8-4-11-9-13/h4,8-9H,2-3,5-7,10H2,1H3. The molecule has 0 aliphatic carbocycles. The van der Waals surface area contributed by atoms with Gasteiger partial charge in [0.15, 0.2) is 0 Å². The predicted molar refractivity (Wildman–Crippen MR) is 53.4 cm³/mol. The second kappa shape index (κ2) is 5.72. The molecule has 0 unspecified atom stereocenters. The summed E-state index contributed by atoms with van der Waals surface area (Å²) in [5.74, 6) is 0. The van der Waals surface area contributed by atoms with Crippen molar-refractivity contribution in [1.82, 2.24) is 14.5 Å². The molecule has 0 aromatic carbocycles. The van der Waals surface area contributed by atoms with Gasteiger partial charge in [-0.1, -0.05) is 0 Å². The van der Waals surface area contributed by atoms with Crippen LogP contribution in [0.1, 0.15) is 6.42 Å². The Kier molecular flexibility index (Phi) is 4.49. The average molecular weight is 182 g/mol. The maximum Gasteiger partial charge on any atom is 0.0945 e. The van der Waals surface area contributed by atoms with E-state index < -0.39 is 0 Å². The van der Waals surface area contributed by atoms with Gasteiger partial charge in [-0.15, -0.1) is 0 Å². The molecule has 0 amide bonds. The summed E-state index contributed by atoms with van der Waals surface area (Å²) in [7, 11) is 2.10. The van der Waals surface area contributed by atoms with Crippen LogP contribution in [-0.2, 0) is 6.54 Å². The lowest BCUT2D eigenvalue weighted by atomic mass is 10.4. The minimum absolute atomic E-state index is 0.738. The first-order valence-electron chi connectivity index (χ1n) is 4.67. The molecule has 0 aliphatic heterocycles. The summed E-state index contributed by atoms with van der Waals surface area (Å²) in [5, 5.41) is 0. The van der Waals surface area contributed by atoms with E-state index in [-0.39, 0.29) is 0 Å². The highest BCUT2D eigenvalue weighted by molar-refractivity contribution is 4.73. The minimum atomic E-state index is 0.738. The van der Waals surface area contributed by atoms with Crippen molar-refractivity contribution in [3.63, 3.8) is 0 Å². The van der Waals surface area contributed by atoms with Crippen molar-refractivity contribution in [2.75, 3.05) is 26.7 Å². The fourth-order valence-electron chi connectivity index (χ4n) is 1.27. The van der Waals surface area contributed by atoms with Crippen molar-refractivity contribution in [2.24, 2.45) is 5.73 Å². The Morgan fingerprint density at radius 2 is 2.31 bits per heavy atom. The zero-order valence-electron chi connectivity index (χ0n) is 8.19. The molecular weight excluding hydrogens is 164 g/mol. The highest BCUT2D eigenvalue weighted by atomic mass is 15.1. The molecule has 0 saturated carbocycles. The molecule has 1 aromatic heterocycles. The van der Waals surface area contributed by atoms with E-state index in [4.69, 9.17) is 5.73 Å². The van der Waals surface area contributed by atoms with Crippen LogP contribution in [0.5, 0.6) is 0 Å². The molecule has 13 heavy (non-hydrogen) atoms. The molecule has 0 fully saturated rings. The molecule has 4 nitrogen and oxygen atoms in total. The lowest BCUT2D eigenvalue weighted by molar-refractivity contribution is 0.330.